The molecule has 3 nitrogen and oxygen atoms in total. The molecule has 1 fully saturated rings. The largest absolute Gasteiger partial charge is 0.378 e. The Hall–Kier alpha value is -0.120. The van der Waals surface area contributed by atoms with Crippen molar-refractivity contribution in [2.75, 3.05) is 6.61 Å². The van der Waals surface area contributed by atoms with Gasteiger partial charge in [-0.05, 0) is 38.0 Å². The molecule has 1 aliphatic rings. The van der Waals surface area contributed by atoms with Crippen LogP contribution in [-0.4, -0.2) is 18.8 Å². The number of nitrogens with one attached hydrogen (secondary N) is 1. The number of rotatable bonds is 10. The van der Waals surface area contributed by atoms with E-state index < -0.39 is 0 Å². The zero-order valence-electron chi connectivity index (χ0n) is 12.3. The summed E-state index contributed by atoms with van der Waals surface area (Å²) in [5.41, 5.74) is 3.01. The highest BCUT2D eigenvalue weighted by Crippen LogP contribution is 2.23. The number of hydrogen-bond acceptors (Lipinski definition) is 3. The third-order valence-corrected chi connectivity index (χ3v) is 4.26. The Morgan fingerprint density at radius 3 is 2.72 bits per heavy atom. The lowest BCUT2D eigenvalue weighted by atomic mass is 9.90. The fourth-order valence-electron chi connectivity index (χ4n) is 2.91. The van der Waals surface area contributed by atoms with Crippen molar-refractivity contribution in [1.82, 2.24) is 5.43 Å². The Morgan fingerprint density at radius 2 is 2.17 bits per heavy atom. The Morgan fingerprint density at radius 1 is 1.33 bits per heavy atom. The molecular weight excluding hydrogens is 224 g/mol. The Kier molecular flexibility index (Phi) is 8.64. The zero-order chi connectivity index (χ0) is 13.2. The molecule has 0 amide bonds. The van der Waals surface area contributed by atoms with Gasteiger partial charge >= 0.3 is 0 Å². The molecule has 0 bridgehead atoms. The van der Waals surface area contributed by atoms with Crippen LogP contribution in [-0.2, 0) is 4.74 Å². The van der Waals surface area contributed by atoms with Crippen LogP contribution >= 0.6 is 0 Å². The molecule has 1 aliphatic heterocycles. The first-order chi connectivity index (χ1) is 8.80. The lowest BCUT2D eigenvalue weighted by molar-refractivity contribution is 0.0984. The molecule has 1 rings (SSSR count). The predicted molar refractivity (Wildman–Crippen MR) is 77.2 cm³/mol. The molecule has 0 saturated carbocycles. The van der Waals surface area contributed by atoms with Crippen LogP contribution in [0.2, 0.25) is 0 Å². The van der Waals surface area contributed by atoms with Crippen LogP contribution in [0.5, 0.6) is 0 Å². The second kappa shape index (κ2) is 9.76. The average Bonchev–Trinajstić information content (AvgIpc) is 2.91. The van der Waals surface area contributed by atoms with E-state index in [1.807, 2.05) is 0 Å². The van der Waals surface area contributed by atoms with Gasteiger partial charge in [-0.3, -0.25) is 11.3 Å². The fourth-order valence-corrected chi connectivity index (χ4v) is 2.91. The van der Waals surface area contributed by atoms with E-state index in [1.54, 1.807) is 0 Å². The number of hydrazine groups is 1. The lowest BCUT2D eigenvalue weighted by Crippen LogP contribution is -2.37. The first-order valence-corrected chi connectivity index (χ1v) is 7.87. The monoisotopic (exact) mass is 256 g/mol. The fraction of sp³-hybridized carbons (Fsp3) is 1.00. The van der Waals surface area contributed by atoms with Crippen LogP contribution < -0.4 is 11.3 Å². The molecule has 0 aromatic heterocycles. The SMILES string of the molecule is CCCCC(CC)CC(CCC1CCCO1)NN. The smallest absolute Gasteiger partial charge is 0.0576 e. The summed E-state index contributed by atoms with van der Waals surface area (Å²) in [5.74, 6) is 6.53. The summed E-state index contributed by atoms with van der Waals surface area (Å²) < 4.78 is 5.68. The van der Waals surface area contributed by atoms with Gasteiger partial charge in [0.2, 0.25) is 0 Å². The summed E-state index contributed by atoms with van der Waals surface area (Å²) in [4.78, 5) is 0. The first-order valence-electron chi connectivity index (χ1n) is 7.87. The van der Waals surface area contributed by atoms with Crippen LogP contribution in [0.25, 0.3) is 0 Å². The summed E-state index contributed by atoms with van der Waals surface area (Å²) in [5, 5.41) is 0. The topological polar surface area (TPSA) is 47.3 Å². The Balaban J connectivity index is 2.21. The molecule has 3 unspecified atom stereocenters. The molecule has 1 saturated heterocycles. The van der Waals surface area contributed by atoms with Gasteiger partial charge in [0.05, 0.1) is 6.10 Å². The van der Waals surface area contributed by atoms with Crippen molar-refractivity contribution < 1.29 is 4.74 Å². The first kappa shape index (κ1) is 15.9. The second-order valence-corrected chi connectivity index (χ2v) is 5.73. The average molecular weight is 256 g/mol. The van der Waals surface area contributed by atoms with E-state index in [0.29, 0.717) is 12.1 Å². The highest BCUT2D eigenvalue weighted by atomic mass is 16.5. The number of ether oxygens (including phenoxy) is 1. The van der Waals surface area contributed by atoms with E-state index in [2.05, 4.69) is 19.3 Å². The van der Waals surface area contributed by atoms with E-state index in [0.717, 1.165) is 18.9 Å². The molecular formula is C15H32N2O. The van der Waals surface area contributed by atoms with Gasteiger partial charge in [0.1, 0.15) is 0 Å². The Labute approximate surface area is 113 Å². The number of hydrogen-bond donors (Lipinski definition) is 2. The maximum absolute atomic E-state index is 5.70. The molecule has 3 atom stereocenters. The van der Waals surface area contributed by atoms with Crippen LogP contribution in [0.15, 0.2) is 0 Å². The number of nitrogens with two attached hydrogens (primary N) is 1. The molecule has 0 spiro atoms. The van der Waals surface area contributed by atoms with Gasteiger partial charge in [0.25, 0.3) is 0 Å². The van der Waals surface area contributed by atoms with Crippen molar-refractivity contribution in [3.05, 3.63) is 0 Å². The van der Waals surface area contributed by atoms with Crippen molar-refractivity contribution in [2.45, 2.75) is 83.8 Å². The van der Waals surface area contributed by atoms with Gasteiger partial charge in [-0.1, -0.05) is 39.5 Å². The van der Waals surface area contributed by atoms with Gasteiger partial charge in [-0.2, -0.15) is 0 Å². The summed E-state index contributed by atoms with van der Waals surface area (Å²) in [6.07, 6.45) is 11.8. The van der Waals surface area contributed by atoms with E-state index in [-0.39, 0.29) is 0 Å². The predicted octanol–water partition coefficient (Wildman–Crippen LogP) is 3.38. The molecule has 3 N–H and O–H groups in total. The van der Waals surface area contributed by atoms with Gasteiger partial charge in [0, 0.05) is 12.6 Å². The normalized spacial score (nSPS) is 23.2. The van der Waals surface area contributed by atoms with Crippen molar-refractivity contribution in [3.63, 3.8) is 0 Å². The maximum Gasteiger partial charge on any atom is 0.0576 e. The third kappa shape index (κ3) is 6.17. The van der Waals surface area contributed by atoms with Gasteiger partial charge in [-0.15, -0.1) is 0 Å². The Bertz CT molecular complexity index is 193. The summed E-state index contributed by atoms with van der Waals surface area (Å²) >= 11 is 0. The van der Waals surface area contributed by atoms with Crippen LogP contribution in [0.4, 0.5) is 0 Å². The molecule has 0 aliphatic carbocycles. The molecule has 3 heteroatoms. The maximum atomic E-state index is 5.70. The van der Waals surface area contributed by atoms with E-state index >= 15 is 0 Å². The van der Waals surface area contributed by atoms with E-state index in [4.69, 9.17) is 10.6 Å². The van der Waals surface area contributed by atoms with Gasteiger partial charge < -0.3 is 4.74 Å². The molecule has 0 aromatic rings. The molecule has 0 radical (unpaired) electrons. The lowest BCUT2D eigenvalue weighted by Gasteiger charge is -2.23. The molecule has 108 valence electrons. The van der Waals surface area contributed by atoms with Gasteiger partial charge in [0.15, 0.2) is 0 Å². The highest BCUT2D eigenvalue weighted by molar-refractivity contribution is 4.73. The second-order valence-electron chi connectivity index (χ2n) is 5.73. The summed E-state index contributed by atoms with van der Waals surface area (Å²) in [6, 6.07) is 0.469. The third-order valence-electron chi connectivity index (χ3n) is 4.26. The quantitative estimate of drug-likeness (QED) is 0.465. The van der Waals surface area contributed by atoms with Gasteiger partial charge in [-0.25, -0.2) is 0 Å². The van der Waals surface area contributed by atoms with E-state index in [1.165, 1.54) is 51.4 Å². The number of unbranched alkanes of at least 4 members (excludes halogenated alkanes) is 1. The minimum absolute atomic E-state index is 0.469. The van der Waals surface area contributed by atoms with Crippen molar-refractivity contribution in [3.8, 4) is 0 Å². The highest BCUT2D eigenvalue weighted by Gasteiger charge is 2.19. The van der Waals surface area contributed by atoms with Crippen molar-refractivity contribution >= 4 is 0 Å². The van der Waals surface area contributed by atoms with Crippen LogP contribution in [0, 0.1) is 5.92 Å². The summed E-state index contributed by atoms with van der Waals surface area (Å²) in [7, 11) is 0. The van der Waals surface area contributed by atoms with Crippen molar-refractivity contribution in [2.24, 2.45) is 11.8 Å². The molecule has 18 heavy (non-hydrogen) atoms. The molecule has 0 aromatic carbocycles. The minimum atomic E-state index is 0.469. The zero-order valence-corrected chi connectivity index (χ0v) is 12.3. The van der Waals surface area contributed by atoms with Crippen molar-refractivity contribution in [1.29, 1.82) is 0 Å². The van der Waals surface area contributed by atoms with Crippen LogP contribution in [0.3, 0.4) is 0 Å². The molecule has 1 heterocycles. The summed E-state index contributed by atoms with van der Waals surface area (Å²) in [6.45, 7) is 5.52. The minimum Gasteiger partial charge on any atom is -0.378 e. The van der Waals surface area contributed by atoms with Crippen LogP contribution in [0.1, 0.15) is 71.6 Å². The standard InChI is InChI=1S/C15H32N2O/c1-3-5-7-13(4-2)12-14(17-16)9-10-15-8-6-11-18-15/h13-15,17H,3-12,16H2,1-2H3. The van der Waals surface area contributed by atoms with E-state index in [9.17, 15) is 0 Å².